The van der Waals surface area contributed by atoms with E-state index in [1.54, 1.807) is 30.7 Å². The van der Waals surface area contributed by atoms with Gasteiger partial charge in [-0.25, -0.2) is 8.42 Å². The van der Waals surface area contributed by atoms with Gasteiger partial charge < -0.3 is 4.72 Å². The number of nitro groups is 1. The first-order chi connectivity index (χ1) is 17.0. The van der Waals surface area contributed by atoms with E-state index in [-0.39, 0.29) is 16.3 Å². The molecule has 0 radical (unpaired) electrons. The van der Waals surface area contributed by atoms with E-state index in [0.29, 0.717) is 10.9 Å². The monoisotopic (exact) mass is 582 g/mol. The number of nitrogens with zero attached hydrogens (tertiary/aromatic N) is 4. The Morgan fingerprint density at radius 1 is 0.800 bits per heavy atom. The van der Waals surface area contributed by atoms with Gasteiger partial charge in [0, 0.05) is 36.1 Å². The molecule has 35 heavy (non-hydrogen) atoms. The Balaban J connectivity index is 0.000000369. The molecule has 0 bridgehead atoms. The van der Waals surface area contributed by atoms with Crippen LogP contribution in [0.15, 0.2) is 108 Å². The summed E-state index contributed by atoms with van der Waals surface area (Å²) in [7, 11) is -4.04. The average molecular weight is 583 g/mol. The molecule has 2 aromatic heterocycles. The largest absolute Gasteiger partial charge is 0.265 e. The van der Waals surface area contributed by atoms with E-state index in [4.69, 9.17) is 0 Å². The van der Waals surface area contributed by atoms with Crippen molar-refractivity contribution in [1.82, 2.24) is 9.97 Å². The molecule has 2 heterocycles. The van der Waals surface area contributed by atoms with Gasteiger partial charge >= 0.3 is 22.9 Å². The molecule has 0 fully saturated rings. The van der Waals surface area contributed by atoms with Crippen molar-refractivity contribution in [2.75, 3.05) is 0 Å². The van der Waals surface area contributed by atoms with Crippen LogP contribution >= 0.6 is 0 Å². The van der Waals surface area contributed by atoms with Crippen LogP contribution in [0.2, 0.25) is 0 Å². The van der Waals surface area contributed by atoms with Crippen LogP contribution in [0.25, 0.3) is 26.4 Å². The second kappa shape index (κ2) is 12.1. The van der Waals surface area contributed by atoms with Crippen LogP contribution in [-0.4, -0.2) is 23.3 Å². The van der Waals surface area contributed by atoms with E-state index >= 15 is 0 Å². The van der Waals surface area contributed by atoms with E-state index < -0.39 is 14.9 Å². The van der Waals surface area contributed by atoms with Crippen molar-refractivity contribution < 1.29 is 36.3 Å². The normalized spacial score (nSPS) is 10.5. The van der Waals surface area contributed by atoms with Crippen LogP contribution in [0.3, 0.4) is 0 Å². The van der Waals surface area contributed by atoms with Crippen LogP contribution in [-0.2, 0) is 29.7 Å². The fourth-order valence-corrected chi connectivity index (χ4v) is 4.20. The zero-order valence-electron chi connectivity index (χ0n) is 17.8. The number of fused-ring (bicyclic) bond motifs is 3. The Kier molecular flexibility index (Phi) is 8.92. The van der Waals surface area contributed by atoms with E-state index in [9.17, 15) is 21.8 Å². The first-order valence-electron chi connectivity index (χ1n) is 9.91. The molecule has 0 aliphatic heterocycles. The van der Waals surface area contributed by atoms with Crippen molar-refractivity contribution in [3.63, 3.8) is 0 Å². The topological polar surface area (TPSA) is 117 Å². The smallest absolute Gasteiger partial charge is 0.0267 e. The van der Waals surface area contributed by atoms with Gasteiger partial charge in [0.15, 0.2) is 0 Å². The maximum atomic E-state index is 12.7. The molecule has 5 aromatic rings. The zero-order valence-corrected chi connectivity index (χ0v) is 20.2. The molecule has 0 saturated heterocycles. The summed E-state index contributed by atoms with van der Waals surface area (Å²) in [4.78, 5) is 18.2. The van der Waals surface area contributed by atoms with Crippen molar-refractivity contribution in [2.45, 2.75) is 4.90 Å². The van der Waals surface area contributed by atoms with Gasteiger partial charge in [0.1, 0.15) is 10.0 Å². The molecular weight excluding hydrogens is 566 g/mol. The zero-order chi connectivity index (χ0) is 25.3. The molecular formula is C24H17FN4O4PdS. The molecule has 11 heteroatoms. The predicted octanol–water partition coefficient (Wildman–Crippen LogP) is 6.19. The number of non-ortho nitro benzene ring substituents is 1. The predicted molar refractivity (Wildman–Crippen MR) is 128 cm³/mol. The number of hydrogen-bond donors (Lipinski definition) is 0. The Labute approximate surface area is 212 Å². The van der Waals surface area contributed by atoms with E-state index in [1.165, 1.54) is 31.8 Å². The molecule has 180 valence electrons. The second-order valence-electron chi connectivity index (χ2n) is 6.86. The van der Waals surface area contributed by atoms with Crippen molar-refractivity contribution in [1.29, 1.82) is 0 Å². The van der Waals surface area contributed by atoms with Gasteiger partial charge in [-0.1, -0.05) is 42.5 Å². The first kappa shape index (κ1) is 25.8. The van der Waals surface area contributed by atoms with Crippen LogP contribution in [0, 0.1) is 10.1 Å². The molecule has 0 N–H and O–H groups in total. The van der Waals surface area contributed by atoms with Crippen molar-refractivity contribution >= 4 is 43.1 Å². The maximum Gasteiger partial charge on any atom is 0.0267 e. The number of rotatable bonds is 4. The van der Waals surface area contributed by atoms with Gasteiger partial charge in [0.2, 0.25) is 0 Å². The number of sulfonamides is 1. The summed E-state index contributed by atoms with van der Waals surface area (Å²) in [5.74, 6) is 0. The molecule has 0 unspecified atom stereocenters. The fourth-order valence-electron chi connectivity index (χ4n) is 3.21. The Bertz CT molecular complexity index is 1510. The van der Waals surface area contributed by atoms with Crippen molar-refractivity contribution in [3.8, 4) is 0 Å². The third-order valence-electron chi connectivity index (χ3n) is 4.72. The number of halogens is 1. The summed E-state index contributed by atoms with van der Waals surface area (Å²) in [5, 5.41) is 13.1. The van der Waals surface area contributed by atoms with Crippen LogP contribution < -0.4 is 0 Å². The summed E-state index contributed by atoms with van der Waals surface area (Å²) in [6.07, 6.45) is 5.14. The minimum atomic E-state index is -4.04. The van der Waals surface area contributed by atoms with Gasteiger partial charge in [0.05, 0.1) is 15.3 Å². The standard InChI is InChI=1S/C19H12N3O4S.C5H5N.FH.Pd/c23-22(24)15-8-10-16(11-9-15)27(25,26)21-17-5-1-3-13-6-7-14-4-2-12-20-19(14)18(13)17;1-2-4-6-5-3-1;;/h1-12H;1-5H;1H;/q-1;;;+2/p-1. The fraction of sp³-hybridized carbons (Fsp3) is 0. The number of nitro benzene ring substituents is 1. The number of aromatic nitrogens is 2. The minimum Gasteiger partial charge on any atom is -0.265 e. The number of benzene rings is 3. The number of hydrogen-bond acceptors (Lipinski definition) is 6. The molecule has 0 atom stereocenters. The van der Waals surface area contributed by atoms with E-state index in [2.05, 4.69) is 14.7 Å². The van der Waals surface area contributed by atoms with Crippen molar-refractivity contribution in [2.24, 2.45) is 0 Å². The summed E-state index contributed by atoms with van der Waals surface area (Å²) in [6, 6.07) is 23.1. The third kappa shape index (κ3) is 6.42. The quantitative estimate of drug-likeness (QED) is 0.108. The van der Waals surface area contributed by atoms with Crippen molar-refractivity contribution in [3.05, 3.63) is 118 Å². The molecule has 5 rings (SSSR count). The van der Waals surface area contributed by atoms with E-state index in [1.807, 2.05) is 48.5 Å². The van der Waals surface area contributed by atoms with Gasteiger partial charge in [-0.05, 0) is 41.1 Å². The molecule has 0 amide bonds. The minimum absolute atomic E-state index is 0.113. The first-order valence-corrected chi connectivity index (χ1v) is 11.9. The van der Waals surface area contributed by atoms with Crippen LogP contribution in [0.1, 0.15) is 0 Å². The van der Waals surface area contributed by atoms with Gasteiger partial charge in [-0.3, -0.25) is 20.1 Å². The summed E-state index contributed by atoms with van der Waals surface area (Å²) >= 11 is 1.25. The van der Waals surface area contributed by atoms with Gasteiger partial charge in [0.25, 0.3) is 5.69 Å². The summed E-state index contributed by atoms with van der Waals surface area (Å²) in [5.41, 5.74) is 0.748. The Morgan fingerprint density at radius 2 is 1.46 bits per heavy atom. The summed E-state index contributed by atoms with van der Waals surface area (Å²) < 4.78 is 38.7. The maximum absolute atomic E-state index is 12.7. The average Bonchev–Trinajstić information content (AvgIpc) is 2.91. The molecule has 3 aromatic carbocycles. The van der Waals surface area contributed by atoms with Crippen LogP contribution in [0.4, 0.5) is 14.6 Å². The third-order valence-corrected chi connectivity index (χ3v) is 6.03. The molecule has 0 aliphatic carbocycles. The second-order valence-corrected chi connectivity index (χ2v) is 8.46. The molecule has 0 spiro atoms. The van der Waals surface area contributed by atoms with E-state index in [0.717, 1.165) is 22.9 Å². The SMILES string of the molecule is O=[N+]([O-])c1ccc(S(=O)(=O)[N-]c2cccc3ccc4cccnc4c23)cc1.[F][Pd+].c1ccncc1. The molecule has 8 nitrogen and oxygen atoms in total. The molecule has 0 aliphatic rings. The van der Waals surface area contributed by atoms with Gasteiger partial charge in [-0.2, -0.15) is 0 Å². The number of pyridine rings is 2. The Hall–Kier alpha value is -3.78. The Morgan fingerprint density at radius 3 is 2.06 bits per heavy atom. The molecule has 0 saturated carbocycles. The summed E-state index contributed by atoms with van der Waals surface area (Å²) in [6.45, 7) is 0. The van der Waals surface area contributed by atoms with Gasteiger partial charge in [-0.15, -0.1) is 5.69 Å². The van der Waals surface area contributed by atoms with Crippen LogP contribution in [0.5, 0.6) is 0 Å².